The number of rotatable bonds is 0. The van der Waals surface area contributed by atoms with Gasteiger partial charge in [0, 0.05) is 23.2 Å². The molecule has 0 amide bonds. The van der Waals surface area contributed by atoms with E-state index in [1.54, 1.807) is 12.3 Å². The Morgan fingerprint density at radius 1 is 0.682 bits per heavy atom. The Bertz CT molecular complexity index is 889. The predicted molar refractivity (Wildman–Crippen MR) is 88.2 cm³/mol. The number of benzene rings is 2. The highest BCUT2D eigenvalue weighted by molar-refractivity contribution is 5.79. The van der Waals surface area contributed by atoms with E-state index in [0.29, 0.717) is 5.56 Å². The summed E-state index contributed by atoms with van der Waals surface area (Å²) in [6.07, 6.45) is 3.55. The molecule has 0 saturated carbocycles. The van der Waals surface area contributed by atoms with Crippen molar-refractivity contribution in [1.29, 1.82) is 5.26 Å². The van der Waals surface area contributed by atoms with Crippen LogP contribution in [0.5, 0.6) is 0 Å². The van der Waals surface area contributed by atoms with Gasteiger partial charge in [0.2, 0.25) is 0 Å². The lowest BCUT2D eigenvalue weighted by Gasteiger charge is -1.94. The van der Waals surface area contributed by atoms with Crippen molar-refractivity contribution in [1.82, 2.24) is 9.97 Å². The third-order valence-electron chi connectivity index (χ3n) is 3.24. The van der Waals surface area contributed by atoms with Gasteiger partial charge < -0.3 is 0 Å². The Morgan fingerprint density at radius 3 is 2.05 bits per heavy atom. The van der Waals surface area contributed by atoms with E-state index < -0.39 is 0 Å². The number of hydrogen-bond donors (Lipinski definition) is 0. The fourth-order valence-corrected chi connectivity index (χ4v) is 2.16. The Labute approximate surface area is 128 Å². The van der Waals surface area contributed by atoms with Crippen LogP contribution in [-0.2, 0) is 0 Å². The number of nitrogens with zero attached hydrogens (tertiary/aromatic N) is 3. The first kappa shape index (κ1) is 13.7. The molecule has 0 aliphatic heterocycles. The second kappa shape index (κ2) is 6.47. The molecule has 0 saturated heterocycles. The van der Waals surface area contributed by atoms with Crippen LogP contribution in [0.1, 0.15) is 5.56 Å². The summed E-state index contributed by atoms with van der Waals surface area (Å²) in [7, 11) is 0. The monoisotopic (exact) mass is 283 g/mol. The van der Waals surface area contributed by atoms with Crippen LogP contribution in [0.2, 0.25) is 0 Å². The van der Waals surface area contributed by atoms with Gasteiger partial charge in [-0.1, -0.05) is 30.3 Å². The number of fused-ring (bicyclic) bond motifs is 2. The van der Waals surface area contributed by atoms with E-state index in [4.69, 9.17) is 5.26 Å². The zero-order valence-corrected chi connectivity index (χ0v) is 11.8. The minimum atomic E-state index is 0.676. The van der Waals surface area contributed by atoms with Gasteiger partial charge in [0.05, 0.1) is 22.7 Å². The van der Waals surface area contributed by atoms with E-state index in [-0.39, 0.29) is 0 Å². The summed E-state index contributed by atoms with van der Waals surface area (Å²) in [5.41, 5.74) is 2.66. The van der Waals surface area contributed by atoms with Gasteiger partial charge in [-0.3, -0.25) is 9.97 Å². The summed E-state index contributed by atoms with van der Waals surface area (Å²) < 4.78 is 0. The third-order valence-corrected chi connectivity index (χ3v) is 3.24. The lowest BCUT2D eigenvalue weighted by atomic mass is 10.1. The lowest BCUT2D eigenvalue weighted by molar-refractivity contribution is 1.41. The Hall–Kier alpha value is -3.25. The normalized spacial score (nSPS) is 9.77. The summed E-state index contributed by atoms with van der Waals surface area (Å²) in [6.45, 7) is 0. The maximum atomic E-state index is 8.63. The Balaban J connectivity index is 0.000000133. The van der Waals surface area contributed by atoms with Gasteiger partial charge in [0.15, 0.2) is 0 Å². The molecule has 0 radical (unpaired) electrons. The minimum Gasteiger partial charge on any atom is -0.256 e. The molecule has 0 atom stereocenters. The third kappa shape index (κ3) is 3.08. The highest BCUT2D eigenvalue weighted by Gasteiger charge is 1.94. The molecule has 0 N–H and O–H groups in total. The average molecular weight is 283 g/mol. The van der Waals surface area contributed by atoms with Crippen molar-refractivity contribution in [3.8, 4) is 6.07 Å². The van der Waals surface area contributed by atoms with E-state index in [9.17, 15) is 0 Å². The molecule has 0 unspecified atom stereocenters. The maximum Gasteiger partial charge on any atom is 0.0991 e. The molecule has 104 valence electrons. The van der Waals surface area contributed by atoms with Gasteiger partial charge in [-0.15, -0.1) is 0 Å². The molecule has 4 aromatic rings. The molecule has 0 spiro atoms. The second-order valence-electron chi connectivity index (χ2n) is 4.72. The Kier molecular flexibility index (Phi) is 4.03. The number of hydrogen-bond acceptors (Lipinski definition) is 3. The molecule has 3 heteroatoms. The van der Waals surface area contributed by atoms with Crippen LogP contribution in [0.3, 0.4) is 0 Å². The fraction of sp³-hybridized carbons (Fsp3) is 0. The average Bonchev–Trinajstić information content (AvgIpc) is 2.62. The number of aromatic nitrogens is 2. The second-order valence-corrected chi connectivity index (χ2v) is 4.72. The summed E-state index contributed by atoms with van der Waals surface area (Å²) >= 11 is 0. The van der Waals surface area contributed by atoms with Crippen molar-refractivity contribution in [2.24, 2.45) is 0 Å². The van der Waals surface area contributed by atoms with Gasteiger partial charge in [0.25, 0.3) is 0 Å². The van der Waals surface area contributed by atoms with Gasteiger partial charge in [-0.05, 0) is 36.4 Å². The number of pyridine rings is 2. The topological polar surface area (TPSA) is 49.6 Å². The SMILES string of the molecule is N#Cc1ccc2ncccc2c1.c1ccc2ncccc2c1. The summed E-state index contributed by atoms with van der Waals surface area (Å²) in [6, 6.07) is 23.5. The van der Waals surface area contributed by atoms with Gasteiger partial charge >= 0.3 is 0 Å². The molecule has 3 nitrogen and oxygen atoms in total. The van der Waals surface area contributed by atoms with Gasteiger partial charge in [-0.25, -0.2) is 0 Å². The molecule has 0 aliphatic carbocycles. The van der Waals surface area contributed by atoms with Gasteiger partial charge in [-0.2, -0.15) is 5.26 Å². The summed E-state index contributed by atoms with van der Waals surface area (Å²) in [4.78, 5) is 8.33. The molecule has 4 rings (SSSR count). The first-order valence-electron chi connectivity index (χ1n) is 6.91. The molecule has 0 aliphatic rings. The maximum absolute atomic E-state index is 8.63. The Morgan fingerprint density at radius 2 is 1.32 bits per heavy atom. The van der Waals surface area contributed by atoms with Crippen LogP contribution < -0.4 is 0 Å². The van der Waals surface area contributed by atoms with Gasteiger partial charge in [0.1, 0.15) is 0 Å². The van der Waals surface area contributed by atoms with E-state index >= 15 is 0 Å². The molecular weight excluding hydrogens is 270 g/mol. The van der Waals surface area contributed by atoms with Crippen molar-refractivity contribution >= 4 is 21.8 Å². The lowest BCUT2D eigenvalue weighted by Crippen LogP contribution is -1.78. The summed E-state index contributed by atoms with van der Waals surface area (Å²) in [5.74, 6) is 0. The van der Waals surface area contributed by atoms with Crippen molar-refractivity contribution in [3.05, 3.63) is 84.7 Å². The zero-order valence-electron chi connectivity index (χ0n) is 11.8. The van der Waals surface area contributed by atoms with Crippen LogP contribution in [0.15, 0.2) is 79.1 Å². The van der Waals surface area contributed by atoms with Crippen LogP contribution in [0.4, 0.5) is 0 Å². The molecule has 0 bridgehead atoms. The van der Waals surface area contributed by atoms with Crippen LogP contribution >= 0.6 is 0 Å². The standard InChI is InChI=1S/C10H6N2.C9H7N/c11-7-8-3-4-10-9(6-8)2-1-5-12-10;1-2-6-9-8(4-1)5-3-7-10-9/h1-6H;1-7H. The highest BCUT2D eigenvalue weighted by atomic mass is 14.6. The highest BCUT2D eigenvalue weighted by Crippen LogP contribution is 2.12. The first-order chi connectivity index (χ1) is 10.9. The van der Waals surface area contributed by atoms with Crippen molar-refractivity contribution in [2.75, 3.05) is 0 Å². The van der Waals surface area contributed by atoms with E-state index in [0.717, 1.165) is 16.4 Å². The van der Waals surface area contributed by atoms with E-state index in [1.165, 1.54) is 5.39 Å². The molecule has 2 aromatic heterocycles. The largest absolute Gasteiger partial charge is 0.256 e. The zero-order chi connectivity index (χ0) is 15.2. The van der Waals surface area contributed by atoms with Crippen LogP contribution in [-0.4, -0.2) is 9.97 Å². The number of para-hydroxylation sites is 1. The predicted octanol–water partition coefficient (Wildman–Crippen LogP) is 4.34. The van der Waals surface area contributed by atoms with Crippen LogP contribution in [0.25, 0.3) is 21.8 Å². The smallest absolute Gasteiger partial charge is 0.0991 e. The molecule has 2 aromatic carbocycles. The molecule has 2 heterocycles. The van der Waals surface area contributed by atoms with Crippen LogP contribution in [0, 0.1) is 11.3 Å². The summed E-state index contributed by atoms with van der Waals surface area (Å²) in [5, 5.41) is 10.8. The van der Waals surface area contributed by atoms with E-state index in [2.05, 4.69) is 28.2 Å². The van der Waals surface area contributed by atoms with Crippen molar-refractivity contribution < 1.29 is 0 Å². The minimum absolute atomic E-state index is 0.676. The van der Waals surface area contributed by atoms with Crippen molar-refractivity contribution in [2.45, 2.75) is 0 Å². The number of nitriles is 1. The van der Waals surface area contributed by atoms with E-state index in [1.807, 2.05) is 54.7 Å². The molecule has 22 heavy (non-hydrogen) atoms. The molecular formula is C19H13N3. The van der Waals surface area contributed by atoms with Crippen molar-refractivity contribution in [3.63, 3.8) is 0 Å². The fourth-order valence-electron chi connectivity index (χ4n) is 2.16. The quantitative estimate of drug-likeness (QED) is 0.482. The molecule has 0 fully saturated rings. The first-order valence-corrected chi connectivity index (χ1v) is 6.91.